The Hall–Kier alpha value is -2.04. The van der Waals surface area contributed by atoms with Gasteiger partial charge < -0.3 is 15.0 Å². The van der Waals surface area contributed by atoms with Gasteiger partial charge in [-0.25, -0.2) is 4.79 Å². The lowest BCUT2D eigenvalue weighted by Gasteiger charge is -2.38. The summed E-state index contributed by atoms with van der Waals surface area (Å²) in [6.45, 7) is 5.50. The van der Waals surface area contributed by atoms with Crippen molar-refractivity contribution in [3.63, 3.8) is 0 Å². The number of carbonyl (C=O) groups is 2. The van der Waals surface area contributed by atoms with E-state index in [2.05, 4.69) is 19.2 Å². The molecule has 1 saturated heterocycles. The Labute approximate surface area is 125 Å². The first-order valence-electron chi connectivity index (χ1n) is 7.35. The Morgan fingerprint density at radius 2 is 1.90 bits per heavy atom. The van der Waals surface area contributed by atoms with E-state index < -0.39 is 0 Å². The molecule has 0 saturated carbocycles. The summed E-state index contributed by atoms with van der Waals surface area (Å²) < 4.78 is 5.02. The number of carbonyl (C=O) groups excluding carboxylic acids is 2. The lowest BCUT2D eigenvalue weighted by molar-refractivity contribution is -0.131. The van der Waals surface area contributed by atoms with Crippen LogP contribution in [0.5, 0.6) is 5.75 Å². The third-order valence-corrected chi connectivity index (χ3v) is 3.77. The molecule has 1 heterocycles. The fraction of sp³-hybridized carbons (Fsp3) is 0.500. The minimum Gasteiger partial charge on any atom is -0.427 e. The molecule has 1 aromatic rings. The van der Waals surface area contributed by atoms with Crippen molar-refractivity contribution < 1.29 is 14.3 Å². The molecule has 2 unspecified atom stereocenters. The van der Waals surface area contributed by atoms with E-state index >= 15 is 0 Å². The lowest BCUT2D eigenvalue weighted by Crippen LogP contribution is -2.49. The van der Waals surface area contributed by atoms with Gasteiger partial charge in [0, 0.05) is 30.8 Å². The second-order valence-electron chi connectivity index (χ2n) is 5.59. The zero-order chi connectivity index (χ0) is 15.4. The average Bonchev–Trinajstić information content (AvgIpc) is 2.37. The van der Waals surface area contributed by atoms with Gasteiger partial charge in [0.15, 0.2) is 0 Å². The largest absolute Gasteiger partial charge is 0.427 e. The van der Waals surface area contributed by atoms with Crippen LogP contribution in [0.15, 0.2) is 24.3 Å². The van der Waals surface area contributed by atoms with Crippen molar-refractivity contribution in [1.29, 1.82) is 0 Å². The highest BCUT2D eigenvalue weighted by Crippen LogP contribution is 2.24. The molecular formula is C16H22N2O3. The molecule has 1 aliphatic rings. The van der Waals surface area contributed by atoms with Crippen molar-refractivity contribution in [3.8, 4) is 5.75 Å². The first kappa shape index (κ1) is 15.4. The fourth-order valence-electron chi connectivity index (χ4n) is 2.81. The highest BCUT2D eigenvalue weighted by Gasteiger charge is 2.28. The van der Waals surface area contributed by atoms with E-state index in [0.29, 0.717) is 11.4 Å². The molecule has 0 aromatic heterocycles. The minimum atomic E-state index is -0.378. The number of benzene rings is 1. The molecule has 0 radical (unpaired) electrons. The predicted molar refractivity (Wildman–Crippen MR) is 81.4 cm³/mol. The van der Waals surface area contributed by atoms with Crippen molar-refractivity contribution in [2.45, 2.75) is 52.1 Å². The molecule has 1 aromatic carbocycles. The maximum atomic E-state index is 12.4. The van der Waals surface area contributed by atoms with Gasteiger partial charge in [0.1, 0.15) is 5.75 Å². The molecule has 0 spiro atoms. The van der Waals surface area contributed by atoms with Crippen LogP contribution < -0.4 is 10.1 Å². The Morgan fingerprint density at radius 3 is 2.52 bits per heavy atom. The van der Waals surface area contributed by atoms with Crippen molar-refractivity contribution in [2.24, 2.45) is 0 Å². The summed E-state index contributed by atoms with van der Waals surface area (Å²) in [5.41, 5.74) is 0.628. The van der Waals surface area contributed by atoms with Crippen molar-refractivity contribution in [3.05, 3.63) is 24.3 Å². The summed E-state index contributed by atoms with van der Waals surface area (Å²) in [6, 6.07) is 7.24. The van der Waals surface area contributed by atoms with Gasteiger partial charge in [-0.15, -0.1) is 0 Å². The number of ether oxygens (including phenoxy) is 1. The number of nitrogens with zero attached hydrogens (tertiary/aromatic N) is 1. The first-order valence-corrected chi connectivity index (χ1v) is 7.35. The number of esters is 1. The second kappa shape index (κ2) is 6.61. The standard InChI is InChI=1S/C16H22N2O3/c1-11-6-4-7-12(2)18(11)16(20)17-14-8-5-9-15(10-14)21-13(3)19/h5,8-12H,4,6-7H2,1-3H3,(H,17,20). The summed E-state index contributed by atoms with van der Waals surface area (Å²) in [5, 5.41) is 2.88. The quantitative estimate of drug-likeness (QED) is 0.671. The van der Waals surface area contributed by atoms with Crippen LogP contribution in [0.1, 0.15) is 40.0 Å². The van der Waals surface area contributed by atoms with E-state index in [0.717, 1.165) is 19.3 Å². The van der Waals surface area contributed by atoms with E-state index in [1.807, 2.05) is 4.90 Å². The number of hydrogen-bond acceptors (Lipinski definition) is 3. The summed E-state index contributed by atoms with van der Waals surface area (Å²) >= 11 is 0. The van der Waals surface area contributed by atoms with Gasteiger partial charge in [-0.3, -0.25) is 4.79 Å². The third-order valence-electron chi connectivity index (χ3n) is 3.77. The molecule has 0 bridgehead atoms. The Balaban J connectivity index is 2.06. The van der Waals surface area contributed by atoms with Crippen molar-refractivity contribution in [1.82, 2.24) is 4.90 Å². The van der Waals surface area contributed by atoms with Crippen LogP contribution in [0.4, 0.5) is 10.5 Å². The molecule has 1 fully saturated rings. The van der Waals surface area contributed by atoms with E-state index in [-0.39, 0.29) is 24.1 Å². The summed E-state index contributed by atoms with van der Waals surface area (Å²) in [4.78, 5) is 25.3. The SMILES string of the molecule is CC(=O)Oc1cccc(NC(=O)N2C(C)CCCC2C)c1. The molecule has 0 aliphatic carbocycles. The predicted octanol–water partition coefficient (Wildman–Crippen LogP) is 3.41. The molecule has 2 atom stereocenters. The maximum Gasteiger partial charge on any atom is 0.322 e. The number of likely N-dealkylation sites (tertiary alicyclic amines) is 1. The molecule has 2 amide bonds. The Kier molecular flexibility index (Phi) is 4.83. The lowest BCUT2D eigenvalue weighted by atomic mass is 9.98. The van der Waals surface area contributed by atoms with Gasteiger partial charge in [0.05, 0.1) is 0 Å². The van der Waals surface area contributed by atoms with Crippen LogP contribution in [-0.2, 0) is 4.79 Å². The number of amides is 2. The van der Waals surface area contributed by atoms with Gasteiger partial charge in [0.2, 0.25) is 0 Å². The number of urea groups is 1. The topological polar surface area (TPSA) is 58.6 Å². The van der Waals surface area contributed by atoms with Crippen LogP contribution in [-0.4, -0.2) is 29.0 Å². The number of anilines is 1. The van der Waals surface area contributed by atoms with Crippen LogP contribution >= 0.6 is 0 Å². The zero-order valence-corrected chi connectivity index (χ0v) is 12.8. The zero-order valence-electron chi connectivity index (χ0n) is 12.8. The van der Waals surface area contributed by atoms with Gasteiger partial charge >= 0.3 is 12.0 Å². The minimum absolute atomic E-state index is 0.102. The Bertz CT molecular complexity index is 520. The van der Waals surface area contributed by atoms with Crippen LogP contribution in [0.2, 0.25) is 0 Å². The van der Waals surface area contributed by atoms with Crippen LogP contribution in [0.3, 0.4) is 0 Å². The molecule has 5 heteroatoms. The van der Waals surface area contributed by atoms with Gasteiger partial charge in [-0.2, -0.15) is 0 Å². The highest BCUT2D eigenvalue weighted by molar-refractivity contribution is 5.90. The normalized spacial score (nSPS) is 21.8. The molecule has 5 nitrogen and oxygen atoms in total. The highest BCUT2D eigenvalue weighted by atomic mass is 16.5. The number of rotatable bonds is 2. The molecule has 2 rings (SSSR count). The fourth-order valence-corrected chi connectivity index (χ4v) is 2.81. The van der Waals surface area contributed by atoms with E-state index in [1.165, 1.54) is 6.92 Å². The second-order valence-corrected chi connectivity index (χ2v) is 5.59. The molecule has 114 valence electrons. The molecular weight excluding hydrogens is 268 g/mol. The summed E-state index contributed by atoms with van der Waals surface area (Å²) in [7, 11) is 0. The molecule has 1 aliphatic heterocycles. The van der Waals surface area contributed by atoms with Crippen LogP contribution in [0.25, 0.3) is 0 Å². The summed E-state index contributed by atoms with van der Waals surface area (Å²) in [6.07, 6.45) is 3.23. The monoisotopic (exact) mass is 290 g/mol. The summed E-state index contributed by atoms with van der Waals surface area (Å²) in [5.74, 6) is 0.0526. The number of nitrogens with one attached hydrogen (secondary N) is 1. The first-order chi connectivity index (χ1) is 9.97. The van der Waals surface area contributed by atoms with Gasteiger partial charge in [0.25, 0.3) is 0 Å². The maximum absolute atomic E-state index is 12.4. The van der Waals surface area contributed by atoms with E-state index in [4.69, 9.17) is 4.74 Å². The number of hydrogen-bond donors (Lipinski definition) is 1. The van der Waals surface area contributed by atoms with E-state index in [9.17, 15) is 9.59 Å². The van der Waals surface area contributed by atoms with Crippen molar-refractivity contribution >= 4 is 17.7 Å². The number of piperidine rings is 1. The van der Waals surface area contributed by atoms with Gasteiger partial charge in [-0.05, 0) is 45.2 Å². The smallest absolute Gasteiger partial charge is 0.322 e. The third kappa shape index (κ3) is 3.97. The Morgan fingerprint density at radius 1 is 1.24 bits per heavy atom. The van der Waals surface area contributed by atoms with Crippen LogP contribution in [0, 0.1) is 0 Å². The molecule has 1 N–H and O–H groups in total. The van der Waals surface area contributed by atoms with Crippen molar-refractivity contribution in [2.75, 3.05) is 5.32 Å². The molecule has 21 heavy (non-hydrogen) atoms. The average molecular weight is 290 g/mol. The van der Waals surface area contributed by atoms with E-state index in [1.54, 1.807) is 24.3 Å². The van der Waals surface area contributed by atoms with Gasteiger partial charge in [-0.1, -0.05) is 6.07 Å².